The lowest BCUT2D eigenvalue weighted by Gasteiger charge is -2.19. The van der Waals surface area contributed by atoms with Gasteiger partial charge in [0.2, 0.25) is 0 Å². The summed E-state index contributed by atoms with van der Waals surface area (Å²) in [5.41, 5.74) is 1.72. The Morgan fingerprint density at radius 1 is 1.00 bits per heavy atom. The van der Waals surface area contributed by atoms with Crippen molar-refractivity contribution in [2.75, 3.05) is 20.8 Å². The van der Waals surface area contributed by atoms with Crippen molar-refractivity contribution < 1.29 is 14.3 Å². The fourth-order valence-electron chi connectivity index (χ4n) is 2.95. The van der Waals surface area contributed by atoms with Crippen molar-refractivity contribution in [1.82, 2.24) is 5.32 Å². The Morgan fingerprint density at radius 2 is 1.61 bits per heavy atom. The van der Waals surface area contributed by atoms with Crippen LogP contribution in [0.3, 0.4) is 0 Å². The van der Waals surface area contributed by atoms with Crippen LogP contribution in [-0.2, 0) is 5.41 Å². The summed E-state index contributed by atoms with van der Waals surface area (Å²) in [4.78, 5) is 12.5. The Morgan fingerprint density at radius 3 is 2.26 bits per heavy atom. The number of carbonyl (C=O) groups is 1. The first-order valence-electron chi connectivity index (χ1n) is 7.75. The van der Waals surface area contributed by atoms with Crippen LogP contribution < -0.4 is 14.8 Å². The molecule has 1 saturated carbocycles. The molecule has 1 fully saturated rings. The van der Waals surface area contributed by atoms with Crippen LogP contribution in [0.15, 0.2) is 48.5 Å². The number of hydrogen-bond acceptors (Lipinski definition) is 3. The monoisotopic (exact) mass is 311 g/mol. The van der Waals surface area contributed by atoms with E-state index in [1.54, 1.807) is 26.4 Å². The first kappa shape index (κ1) is 15.4. The molecule has 0 bridgehead atoms. The van der Waals surface area contributed by atoms with Crippen molar-refractivity contribution in [3.63, 3.8) is 0 Å². The van der Waals surface area contributed by atoms with E-state index in [9.17, 15) is 4.79 Å². The van der Waals surface area contributed by atoms with Crippen LogP contribution in [0.2, 0.25) is 0 Å². The number of methoxy groups -OCH3 is 2. The maximum absolute atomic E-state index is 12.5. The number of benzene rings is 2. The van der Waals surface area contributed by atoms with E-state index in [2.05, 4.69) is 11.4 Å². The molecule has 1 aliphatic rings. The highest BCUT2D eigenvalue weighted by atomic mass is 16.5. The predicted octanol–water partition coefficient (Wildman–Crippen LogP) is 3.17. The van der Waals surface area contributed by atoms with Gasteiger partial charge in [-0.15, -0.1) is 0 Å². The molecule has 0 aromatic heterocycles. The van der Waals surface area contributed by atoms with Gasteiger partial charge in [-0.3, -0.25) is 4.79 Å². The number of ether oxygens (including phenoxy) is 2. The quantitative estimate of drug-likeness (QED) is 0.891. The van der Waals surface area contributed by atoms with Crippen molar-refractivity contribution in [1.29, 1.82) is 0 Å². The van der Waals surface area contributed by atoms with Crippen molar-refractivity contribution in [3.8, 4) is 11.5 Å². The predicted molar refractivity (Wildman–Crippen MR) is 89.2 cm³/mol. The molecule has 4 nitrogen and oxygen atoms in total. The fraction of sp³-hybridized carbons (Fsp3) is 0.316. The van der Waals surface area contributed by atoms with Crippen LogP contribution in [-0.4, -0.2) is 26.7 Å². The number of hydrogen-bond donors (Lipinski definition) is 1. The lowest BCUT2D eigenvalue weighted by atomic mass is 9.94. The molecule has 1 amide bonds. The van der Waals surface area contributed by atoms with E-state index >= 15 is 0 Å². The first-order valence-corrected chi connectivity index (χ1v) is 7.75. The molecule has 0 heterocycles. The largest absolute Gasteiger partial charge is 0.496 e. The zero-order valence-corrected chi connectivity index (χ0v) is 13.5. The van der Waals surface area contributed by atoms with E-state index < -0.39 is 0 Å². The van der Waals surface area contributed by atoms with Gasteiger partial charge in [-0.1, -0.05) is 30.3 Å². The minimum Gasteiger partial charge on any atom is -0.496 e. The second-order valence-corrected chi connectivity index (χ2v) is 5.86. The Kier molecular flexibility index (Phi) is 4.24. The number of rotatable bonds is 6. The zero-order valence-electron chi connectivity index (χ0n) is 13.5. The van der Waals surface area contributed by atoms with E-state index in [1.165, 1.54) is 5.56 Å². The summed E-state index contributed by atoms with van der Waals surface area (Å²) < 4.78 is 10.7. The molecule has 0 radical (unpaired) electrons. The van der Waals surface area contributed by atoms with Gasteiger partial charge in [-0.25, -0.2) is 0 Å². The molecular formula is C19H21NO3. The third kappa shape index (κ3) is 3.02. The summed E-state index contributed by atoms with van der Waals surface area (Å²) >= 11 is 0. The molecule has 2 aromatic carbocycles. The first-order chi connectivity index (χ1) is 11.2. The van der Waals surface area contributed by atoms with Gasteiger partial charge in [0.15, 0.2) is 0 Å². The summed E-state index contributed by atoms with van der Waals surface area (Å²) in [6, 6.07) is 15.3. The normalized spacial score (nSPS) is 14.9. The fourth-order valence-corrected chi connectivity index (χ4v) is 2.95. The van der Waals surface area contributed by atoms with Crippen LogP contribution in [0.25, 0.3) is 0 Å². The highest BCUT2D eigenvalue weighted by molar-refractivity contribution is 5.97. The Bertz CT molecular complexity index is 707. The van der Waals surface area contributed by atoms with E-state index in [-0.39, 0.29) is 11.3 Å². The SMILES string of the molecule is COc1ccccc1C(=O)NCC1(c2ccccc2OC)CC1. The van der Waals surface area contributed by atoms with Gasteiger partial charge in [0.1, 0.15) is 11.5 Å². The Balaban J connectivity index is 1.74. The molecular weight excluding hydrogens is 290 g/mol. The van der Waals surface area contributed by atoms with Crippen molar-refractivity contribution >= 4 is 5.91 Å². The highest BCUT2D eigenvalue weighted by Crippen LogP contribution is 2.50. The minimum absolute atomic E-state index is 0.00964. The van der Waals surface area contributed by atoms with Gasteiger partial charge in [0.25, 0.3) is 5.91 Å². The minimum atomic E-state index is -0.108. The van der Waals surface area contributed by atoms with Crippen LogP contribution in [0, 0.1) is 0 Å². The molecule has 1 aliphatic carbocycles. The lowest BCUT2D eigenvalue weighted by Crippen LogP contribution is -2.32. The molecule has 0 atom stereocenters. The van der Waals surface area contributed by atoms with Gasteiger partial charge >= 0.3 is 0 Å². The Hall–Kier alpha value is -2.49. The van der Waals surface area contributed by atoms with Gasteiger partial charge in [-0.05, 0) is 31.0 Å². The lowest BCUT2D eigenvalue weighted by molar-refractivity contribution is 0.0946. The van der Waals surface area contributed by atoms with Crippen molar-refractivity contribution in [2.24, 2.45) is 0 Å². The maximum Gasteiger partial charge on any atom is 0.255 e. The van der Waals surface area contributed by atoms with Gasteiger partial charge in [-0.2, -0.15) is 0 Å². The highest BCUT2D eigenvalue weighted by Gasteiger charge is 2.46. The molecule has 3 rings (SSSR count). The molecule has 0 spiro atoms. The molecule has 4 heteroatoms. The molecule has 120 valence electrons. The van der Waals surface area contributed by atoms with Gasteiger partial charge in [0.05, 0.1) is 19.8 Å². The summed E-state index contributed by atoms with van der Waals surface area (Å²) in [7, 11) is 3.26. The Labute approximate surface area is 136 Å². The number of carbonyl (C=O) groups excluding carboxylic acids is 1. The average molecular weight is 311 g/mol. The average Bonchev–Trinajstić information content (AvgIpc) is 3.40. The number of nitrogens with one attached hydrogen (secondary N) is 1. The van der Waals surface area contributed by atoms with Crippen molar-refractivity contribution in [2.45, 2.75) is 18.3 Å². The number of para-hydroxylation sites is 2. The molecule has 1 N–H and O–H groups in total. The third-order valence-corrected chi connectivity index (χ3v) is 4.47. The van der Waals surface area contributed by atoms with Crippen LogP contribution in [0.5, 0.6) is 11.5 Å². The topological polar surface area (TPSA) is 47.6 Å². The number of amides is 1. The second-order valence-electron chi connectivity index (χ2n) is 5.86. The summed E-state index contributed by atoms with van der Waals surface area (Å²) in [6.45, 7) is 0.601. The van der Waals surface area contributed by atoms with Gasteiger partial charge < -0.3 is 14.8 Å². The summed E-state index contributed by atoms with van der Waals surface area (Å²) in [5, 5.41) is 3.05. The smallest absolute Gasteiger partial charge is 0.255 e. The summed E-state index contributed by atoms with van der Waals surface area (Å²) in [5.74, 6) is 1.37. The molecule has 23 heavy (non-hydrogen) atoms. The van der Waals surface area contributed by atoms with Crippen molar-refractivity contribution in [3.05, 3.63) is 59.7 Å². The summed E-state index contributed by atoms with van der Waals surface area (Å²) in [6.07, 6.45) is 2.11. The zero-order chi connectivity index (χ0) is 16.3. The molecule has 0 aliphatic heterocycles. The third-order valence-electron chi connectivity index (χ3n) is 4.47. The molecule has 0 unspecified atom stereocenters. The van der Waals surface area contributed by atoms with E-state index in [0.717, 1.165) is 18.6 Å². The van der Waals surface area contributed by atoms with E-state index in [0.29, 0.717) is 17.9 Å². The van der Waals surface area contributed by atoms with Gasteiger partial charge in [0, 0.05) is 17.5 Å². The molecule has 0 saturated heterocycles. The van der Waals surface area contributed by atoms with E-state index in [4.69, 9.17) is 9.47 Å². The second kappa shape index (κ2) is 6.32. The van der Waals surface area contributed by atoms with Crippen LogP contribution in [0.1, 0.15) is 28.8 Å². The van der Waals surface area contributed by atoms with E-state index in [1.807, 2.05) is 30.3 Å². The maximum atomic E-state index is 12.5. The standard InChI is InChI=1S/C19H21NO3/c1-22-16-9-5-3-7-14(16)18(21)20-13-19(11-12-19)15-8-4-6-10-17(15)23-2/h3-10H,11-13H2,1-2H3,(H,20,21). The van der Waals surface area contributed by atoms with Crippen LogP contribution >= 0.6 is 0 Å². The molecule has 2 aromatic rings. The van der Waals surface area contributed by atoms with Crippen LogP contribution in [0.4, 0.5) is 0 Å².